The second kappa shape index (κ2) is 8.76. The average molecular weight is 426 g/mol. The van der Waals surface area contributed by atoms with Crippen LogP contribution >= 0.6 is 22.9 Å². The molecule has 5 nitrogen and oxygen atoms in total. The van der Waals surface area contributed by atoms with Crippen LogP contribution in [-0.4, -0.2) is 34.8 Å². The van der Waals surface area contributed by atoms with Crippen molar-refractivity contribution in [3.05, 3.63) is 70.2 Å². The maximum absolute atomic E-state index is 12.8. The average Bonchev–Trinajstić information content (AvgIpc) is 3.40. The van der Waals surface area contributed by atoms with Crippen molar-refractivity contribution in [3.63, 3.8) is 0 Å². The van der Waals surface area contributed by atoms with Gasteiger partial charge >= 0.3 is 0 Å². The molecule has 1 N–H and O–H groups in total. The van der Waals surface area contributed by atoms with Crippen molar-refractivity contribution in [1.82, 2.24) is 9.88 Å². The highest BCUT2D eigenvalue weighted by Crippen LogP contribution is 2.30. The SMILES string of the molecule is O=C(Cc1csc(-c2ccccc2Cl)n1)Nc1ccccc1C(=O)N1CCCC1. The number of hydrogen-bond acceptors (Lipinski definition) is 4. The number of aromatic nitrogens is 1. The number of benzene rings is 2. The number of thiazole rings is 1. The number of likely N-dealkylation sites (tertiary alicyclic amines) is 1. The Bertz CT molecular complexity index is 1040. The first kappa shape index (κ1) is 19.6. The number of halogens is 1. The molecule has 2 heterocycles. The Morgan fingerprint density at radius 2 is 1.79 bits per heavy atom. The van der Waals surface area contributed by atoms with Crippen LogP contribution in [0.25, 0.3) is 10.6 Å². The molecule has 0 bridgehead atoms. The lowest BCUT2D eigenvalue weighted by atomic mass is 10.1. The summed E-state index contributed by atoms with van der Waals surface area (Å²) < 4.78 is 0. The van der Waals surface area contributed by atoms with E-state index in [1.165, 1.54) is 11.3 Å². The van der Waals surface area contributed by atoms with Crippen LogP contribution in [0.4, 0.5) is 5.69 Å². The van der Waals surface area contributed by atoms with Gasteiger partial charge in [0.15, 0.2) is 0 Å². The Morgan fingerprint density at radius 3 is 2.59 bits per heavy atom. The third-order valence-corrected chi connectivity index (χ3v) is 6.08. The minimum atomic E-state index is -0.206. The maximum atomic E-state index is 12.8. The number of nitrogens with one attached hydrogen (secondary N) is 1. The van der Waals surface area contributed by atoms with E-state index in [0.29, 0.717) is 22.0 Å². The van der Waals surface area contributed by atoms with Gasteiger partial charge in [0.2, 0.25) is 5.91 Å². The molecule has 0 unspecified atom stereocenters. The smallest absolute Gasteiger partial charge is 0.255 e. The zero-order valence-corrected chi connectivity index (χ0v) is 17.3. The summed E-state index contributed by atoms with van der Waals surface area (Å²) in [6.07, 6.45) is 2.18. The molecule has 0 saturated carbocycles. The minimum absolute atomic E-state index is 0.0342. The molecular weight excluding hydrogens is 406 g/mol. The standard InChI is InChI=1S/C22H20ClN3O2S/c23-18-9-3-1-7-16(18)21-24-15(14-29-21)13-20(27)25-19-10-4-2-8-17(19)22(28)26-11-5-6-12-26/h1-4,7-10,14H,5-6,11-13H2,(H,25,27). The molecule has 1 aliphatic rings. The number of amides is 2. The molecule has 0 atom stereocenters. The lowest BCUT2D eigenvalue weighted by Crippen LogP contribution is -2.29. The summed E-state index contributed by atoms with van der Waals surface area (Å²) in [5.41, 5.74) is 2.59. The highest BCUT2D eigenvalue weighted by atomic mass is 35.5. The predicted molar refractivity (Wildman–Crippen MR) is 116 cm³/mol. The Morgan fingerprint density at radius 1 is 1.07 bits per heavy atom. The number of carbonyl (C=O) groups excluding carboxylic acids is 2. The van der Waals surface area contributed by atoms with E-state index in [4.69, 9.17) is 11.6 Å². The molecule has 0 radical (unpaired) electrons. The quantitative estimate of drug-likeness (QED) is 0.633. The number of para-hydroxylation sites is 1. The maximum Gasteiger partial charge on any atom is 0.255 e. The van der Waals surface area contributed by atoms with Gasteiger partial charge < -0.3 is 10.2 Å². The summed E-state index contributed by atoms with van der Waals surface area (Å²) in [6.45, 7) is 1.54. The van der Waals surface area contributed by atoms with E-state index in [1.54, 1.807) is 12.1 Å². The van der Waals surface area contributed by atoms with E-state index in [0.717, 1.165) is 36.5 Å². The molecule has 1 saturated heterocycles. The van der Waals surface area contributed by atoms with Crippen molar-refractivity contribution in [3.8, 4) is 10.6 Å². The van der Waals surface area contributed by atoms with Gasteiger partial charge in [-0.25, -0.2) is 4.98 Å². The second-order valence-electron chi connectivity index (χ2n) is 6.89. The molecular formula is C22H20ClN3O2S. The zero-order valence-electron chi connectivity index (χ0n) is 15.7. The second-order valence-corrected chi connectivity index (χ2v) is 8.16. The van der Waals surface area contributed by atoms with Gasteiger partial charge in [-0.3, -0.25) is 9.59 Å². The van der Waals surface area contributed by atoms with Gasteiger partial charge in [0.25, 0.3) is 5.91 Å². The first-order valence-electron chi connectivity index (χ1n) is 9.49. The van der Waals surface area contributed by atoms with E-state index in [2.05, 4.69) is 10.3 Å². The molecule has 2 aromatic carbocycles. The fraction of sp³-hybridized carbons (Fsp3) is 0.227. The zero-order chi connectivity index (χ0) is 20.2. The van der Waals surface area contributed by atoms with Crippen molar-refractivity contribution < 1.29 is 9.59 Å². The molecule has 0 aliphatic carbocycles. The lowest BCUT2D eigenvalue weighted by Gasteiger charge is -2.17. The molecule has 1 aromatic heterocycles. The van der Waals surface area contributed by atoms with E-state index in [9.17, 15) is 9.59 Å². The first-order valence-corrected chi connectivity index (χ1v) is 10.7. The summed E-state index contributed by atoms with van der Waals surface area (Å²) in [7, 11) is 0. The van der Waals surface area contributed by atoms with Crippen LogP contribution in [-0.2, 0) is 11.2 Å². The van der Waals surface area contributed by atoms with Crippen molar-refractivity contribution >= 4 is 40.4 Å². The molecule has 148 valence electrons. The topological polar surface area (TPSA) is 62.3 Å². The first-order chi connectivity index (χ1) is 14.1. The molecule has 7 heteroatoms. The Kier molecular flexibility index (Phi) is 5.92. The van der Waals surface area contributed by atoms with Crippen LogP contribution in [0, 0.1) is 0 Å². The van der Waals surface area contributed by atoms with Gasteiger partial charge in [-0.15, -0.1) is 11.3 Å². The Hall–Kier alpha value is -2.70. The summed E-state index contributed by atoms with van der Waals surface area (Å²) in [5, 5.41) is 6.15. The predicted octanol–water partition coefficient (Wildman–Crippen LogP) is 4.88. The van der Waals surface area contributed by atoms with Crippen LogP contribution in [0.2, 0.25) is 5.02 Å². The third kappa shape index (κ3) is 4.49. The number of nitrogens with zero attached hydrogens (tertiary/aromatic N) is 2. The highest BCUT2D eigenvalue weighted by Gasteiger charge is 2.22. The van der Waals surface area contributed by atoms with Gasteiger partial charge in [0.05, 0.1) is 28.4 Å². The van der Waals surface area contributed by atoms with Gasteiger partial charge in [-0.05, 0) is 31.0 Å². The summed E-state index contributed by atoms with van der Waals surface area (Å²) in [4.78, 5) is 31.7. The lowest BCUT2D eigenvalue weighted by molar-refractivity contribution is -0.115. The minimum Gasteiger partial charge on any atom is -0.339 e. The number of anilines is 1. The normalized spacial score (nSPS) is 13.5. The van der Waals surface area contributed by atoms with Crippen LogP contribution in [0.15, 0.2) is 53.9 Å². The van der Waals surface area contributed by atoms with Gasteiger partial charge in [-0.1, -0.05) is 41.9 Å². The Balaban J connectivity index is 1.46. The van der Waals surface area contributed by atoms with Gasteiger partial charge in [-0.2, -0.15) is 0 Å². The number of carbonyl (C=O) groups is 2. The molecule has 4 rings (SSSR count). The fourth-order valence-electron chi connectivity index (χ4n) is 3.37. The molecule has 29 heavy (non-hydrogen) atoms. The van der Waals surface area contributed by atoms with Gasteiger partial charge in [0.1, 0.15) is 5.01 Å². The Labute approximate surface area is 178 Å². The van der Waals surface area contributed by atoms with E-state index >= 15 is 0 Å². The largest absolute Gasteiger partial charge is 0.339 e. The summed E-state index contributed by atoms with van der Waals surface area (Å²) >= 11 is 7.69. The van der Waals surface area contributed by atoms with Crippen LogP contribution in [0.3, 0.4) is 0 Å². The summed E-state index contributed by atoms with van der Waals surface area (Å²) in [6, 6.07) is 14.7. The number of hydrogen-bond donors (Lipinski definition) is 1. The van der Waals surface area contributed by atoms with Crippen LogP contribution in [0.1, 0.15) is 28.9 Å². The fourth-order valence-corrected chi connectivity index (χ4v) is 4.51. The van der Waals surface area contributed by atoms with Crippen LogP contribution in [0.5, 0.6) is 0 Å². The van der Waals surface area contributed by atoms with Crippen molar-refractivity contribution in [2.45, 2.75) is 19.3 Å². The molecule has 3 aromatic rings. The highest BCUT2D eigenvalue weighted by molar-refractivity contribution is 7.13. The molecule has 2 amide bonds. The van der Waals surface area contributed by atoms with Crippen LogP contribution < -0.4 is 5.32 Å². The van der Waals surface area contributed by atoms with Crippen molar-refractivity contribution in [1.29, 1.82) is 0 Å². The van der Waals surface area contributed by atoms with Gasteiger partial charge in [0, 0.05) is 24.0 Å². The molecule has 0 spiro atoms. The van der Waals surface area contributed by atoms with E-state index in [-0.39, 0.29) is 18.2 Å². The molecule has 1 aliphatic heterocycles. The molecule has 1 fully saturated rings. The number of rotatable bonds is 5. The van der Waals surface area contributed by atoms with Crippen molar-refractivity contribution in [2.24, 2.45) is 0 Å². The van der Waals surface area contributed by atoms with Crippen molar-refractivity contribution in [2.75, 3.05) is 18.4 Å². The van der Waals surface area contributed by atoms with E-state index in [1.807, 2.05) is 46.7 Å². The third-order valence-electron chi connectivity index (χ3n) is 4.82. The summed E-state index contributed by atoms with van der Waals surface area (Å²) in [5.74, 6) is -0.240. The van der Waals surface area contributed by atoms with E-state index < -0.39 is 0 Å². The monoisotopic (exact) mass is 425 g/mol.